The van der Waals surface area contributed by atoms with Crippen LogP contribution in [0.1, 0.15) is 22.7 Å². The van der Waals surface area contributed by atoms with Gasteiger partial charge in [-0.2, -0.15) is 0 Å². The molecule has 3 aromatic rings. The largest absolute Gasteiger partial charge is 0.507 e. The molecule has 1 fully saturated rings. The number of ketones is 1. The maximum atomic E-state index is 14.9. The number of para-hydroxylation sites is 1. The number of hydrogen-bond acceptors (Lipinski definition) is 4. The molecular weight excluding hydrogens is 477 g/mol. The van der Waals surface area contributed by atoms with Crippen molar-refractivity contribution >= 4 is 39.1 Å². The Balaban J connectivity index is 1.98. The van der Waals surface area contributed by atoms with Crippen LogP contribution in [0.2, 0.25) is 0 Å². The fourth-order valence-electron chi connectivity index (χ4n) is 3.87. The van der Waals surface area contributed by atoms with Gasteiger partial charge in [0.2, 0.25) is 0 Å². The lowest BCUT2D eigenvalue weighted by Gasteiger charge is -2.27. The smallest absolute Gasteiger partial charge is 0.300 e. The molecule has 0 bridgehead atoms. The molecule has 1 aliphatic heterocycles. The SMILES string of the molecule is COc1ccc(/C(O)=C2\C(=O)C(=O)N(c3ccccc3C)C2c2ccccc2F)cc1Br. The molecule has 5 nitrogen and oxygen atoms in total. The van der Waals surface area contributed by atoms with E-state index in [0.717, 1.165) is 5.56 Å². The molecule has 7 heteroatoms. The zero-order chi connectivity index (χ0) is 23.0. The van der Waals surface area contributed by atoms with E-state index >= 15 is 0 Å². The van der Waals surface area contributed by atoms with Crippen molar-refractivity contribution in [2.24, 2.45) is 0 Å². The predicted molar refractivity (Wildman–Crippen MR) is 123 cm³/mol. The molecule has 1 heterocycles. The second-order valence-electron chi connectivity index (χ2n) is 7.33. The van der Waals surface area contributed by atoms with Crippen LogP contribution in [0.25, 0.3) is 5.76 Å². The van der Waals surface area contributed by atoms with Gasteiger partial charge in [-0.15, -0.1) is 0 Å². The van der Waals surface area contributed by atoms with Crippen LogP contribution in [0.5, 0.6) is 5.75 Å². The van der Waals surface area contributed by atoms with E-state index in [1.54, 1.807) is 49.4 Å². The fraction of sp³-hybridized carbons (Fsp3) is 0.120. The van der Waals surface area contributed by atoms with E-state index in [9.17, 15) is 19.1 Å². The first-order chi connectivity index (χ1) is 15.3. The Hall–Kier alpha value is -3.45. The van der Waals surface area contributed by atoms with Gasteiger partial charge in [-0.25, -0.2) is 4.39 Å². The standard InChI is InChI=1S/C25H19BrFNO4/c1-14-7-3-6-10-19(14)28-22(16-8-4-5-9-18(16)27)21(24(30)25(28)31)23(29)15-11-12-20(32-2)17(26)13-15/h3-13,22,29H,1-2H3/b23-21+. The van der Waals surface area contributed by atoms with E-state index < -0.39 is 29.3 Å². The Labute approximate surface area is 192 Å². The monoisotopic (exact) mass is 495 g/mol. The van der Waals surface area contributed by atoms with Gasteiger partial charge in [-0.1, -0.05) is 36.4 Å². The van der Waals surface area contributed by atoms with Crippen LogP contribution < -0.4 is 9.64 Å². The molecule has 0 radical (unpaired) electrons. The number of hydrogen-bond donors (Lipinski definition) is 1. The van der Waals surface area contributed by atoms with Gasteiger partial charge >= 0.3 is 0 Å². The summed E-state index contributed by atoms with van der Waals surface area (Å²) in [4.78, 5) is 27.5. The third kappa shape index (κ3) is 3.58. The van der Waals surface area contributed by atoms with E-state index in [0.29, 0.717) is 21.5 Å². The zero-order valence-electron chi connectivity index (χ0n) is 17.3. The number of nitrogens with zero attached hydrogens (tertiary/aromatic N) is 1. The number of aliphatic hydroxyl groups is 1. The highest BCUT2D eigenvalue weighted by atomic mass is 79.9. The van der Waals surface area contributed by atoms with Gasteiger partial charge in [0.15, 0.2) is 0 Å². The fourth-order valence-corrected chi connectivity index (χ4v) is 4.42. The molecule has 0 aromatic heterocycles. The summed E-state index contributed by atoms with van der Waals surface area (Å²) in [5, 5.41) is 11.1. The highest BCUT2D eigenvalue weighted by molar-refractivity contribution is 9.10. The lowest BCUT2D eigenvalue weighted by Crippen LogP contribution is -2.30. The maximum Gasteiger partial charge on any atom is 0.300 e. The molecule has 32 heavy (non-hydrogen) atoms. The minimum atomic E-state index is -1.13. The quantitative estimate of drug-likeness (QED) is 0.293. The van der Waals surface area contributed by atoms with E-state index in [2.05, 4.69) is 15.9 Å². The van der Waals surface area contributed by atoms with Crippen LogP contribution in [-0.4, -0.2) is 23.9 Å². The van der Waals surface area contributed by atoms with Gasteiger partial charge in [0, 0.05) is 16.8 Å². The molecule has 3 aromatic carbocycles. The third-order valence-corrected chi connectivity index (χ3v) is 6.06. The molecule has 1 aliphatic rings. The summed E-state index contributed by atoms with van der Waals surface area (Å²) in [6.45, 7) is 1.80. The number of aliphatic hydroxyl groups excluding tert-OH is 1. The second kappa shape index (κ2) is 8.59. The summed E-state index contributed by atoms with van der Waals surface area (Å²) in [7, 11) is 1.51. The Morgan fingerprint density at radius 1 is 1.06 bits per heavy atom. The first kappa shape index (κ1) is 21.8. The van der Waals surface area contributed by atoms with Gasteiger partial charge in [-0.3, -0.25) is 14.5 Å². The van der Waals surface area contributed by atoms with Gasteiger partial charge in [0.05, 0.1) is 23.2 Å². The lowest BCUT2D eigenvalue weighted by molar-refractivity contribution is -0.132. The number of benzene rings is 3. The number of anilines is 1. The van der Waals surface area contributed by atoms with Crippen LogP contribution in [0.3, 0.4) is 0 Å². The van der Waals surface area contributed by atoms with Crippen LogP contribution >= 0.6 is 15.9 Å². The zero-order valence-corrected chi connectivity index (χ0v) is 18.9. The summed E-state index contributed by atoms with van der Waals surface area (Å²) in [5.41, 5.74) is 1.44. The third-order valence-electron chi connectivity index (χ3n) is 5.44. The molecule has 0 spiro atoms. The molecule has 162 valence electrons. The molecule has 1 N–H and O–H groups in total. The number of methoxy groups -OCH3 is 1. The van der Waals surface area contributed by atoms with Crippen LogP contribution in [0.4, 0.5) is 10.1 Å². The Bertz CT molecular complexity index is 1270. The molecule has 1 amide bonds. The minimum absolute atomic E-state index is 0.115. The second-order valence-corrected chi connectivity index (χ2v) is 8.18. The van der Waals surface area contributed by atoms with Crippen molar-refractivity contribution in [2.75, 3.05) is 12.0 Å². The van der Waals surface area contributed by atoms with E-state index in [1.165, 1.54) is 30.2 Å². The highest BCUT2D eigenvalue weighted by Gasteiger charge is 2.48. The van der Waals surface area contributed by atoms with Crippen molar-refractivity contribution in [1.29, 1.82) is 0 Å². The van der Waals surface area contributed by atoms with E-state index in [1.807, 2.05) is 6.07 Å². The average Bonchev–Trinajstić information content (AvgIpc) is 3.04. The normalized spacial score (nSPS) is 17.6. The maximum absolute atomic E-state index is 14.9. The van der Waals surface area contributed by atoms with Gasteiger partial charge in [0.1, 0.15) is 17.3 Å². The Morgan fingerprint density at radius 3 is 2.41 bits per heavy atom. The van der Waals surface area contributed by atoms with E-state index in [-0.39, 0.29) is 11.1 Å². The topological polar surface area (TPSA) is 66.8 Å². The molecule has 0 saturated carbocycles. The van der Waals surface area contributed by atoms with Crippen LogP contribution in [0, 0.1) is 12.7 Å². The molecule has 4 rings (SSSR count). The summed E-state index contributed by atoms with van der Waals surface area (Å²) >= 11 is 3.36. The van der Waals surface area contributed by atoms with Gasteiger partial charge in [0.25, 0.3) is 11.7 Å². The van der Waals surface area contributed by atoms with Gasteiger partial charge in [-0.05, 0) is 58.7 Å². The van der Waals surface area contributed by atoms with Crippen molar-refractivity contribution in [3.63, 3.8) is 0 Å². The van der Waals surface area contributed by atoms with Crippen LogP contribution in [0.15, 0.2) is 76.8 Å². The number of rotatable bonds is 4. The first-order valence-electron chi connectivity index (χ1n) is 9.80. The number of Topliss-reactive ketones (excluding diaryl/α,β-unsaturated/α-hetero) is 1. The summed E-state index contributed by atoms with van der Waals surface area (Å²) in [5.74, 6) is -2.16. The van der Waals surface area contributed by atoms with Crippen molar-refractivity contribution < 1.29 is 23.8 Å². The number of amides is 1. The number of halogens is 2. The van der Waals surface area contributed by atoms with Crippen molar-refractivity contribution in [2.45, 2.75) is 13.0 Å². The highest BCUT2D eigenvalue weighted by Crippen LogP contribution is 2.44. The van der Waals surface area contributed by atoms with Crippen LogP contribution in [-0.2, 0) is 9.59 Å². The Kier molecular flexibility index (Phi) is 5.84. The van der Waals surface area contributed by atoms with Crippen molar-refractivity contribution in [1.82, 2.24) is 0 Å². The van der Waals surface area contributed by atoms with Crippen molar-refractivity contribution in [3.8, 4) is 5.75 Å². The molecule has 0 aliphatic carbocycles. The molecule has 1 atom stereocenters. The van der Waals surface area contributed by atoms with Gasteiger partial charge < -0.3 is 9.84 Å². The van der Waals surface area contributed by atoms with Crippen molar-refractivity contribution in [3.05, 3.63) is 99.3 Å². The molecular formula is C25H19BrFNO4. The number of carbonyl (C=O) groups is 2. The molecule has 1 unspecified atom stereocenters. The molecule has 1 saturated heterocycles. The number of aryl methyl sites for hydroxylation is 1. The average molecular weight is 496 g/mol. The Morgan fingerprint density at radius 2 is 1.75 bits per heavy atom. The summed E-state index contributed by atoms with van der Waals surface area (Å²) in [6.07, 6.45) is 0. The minimum Gasteiger partial charge on any atom is -0.507 e. The number of carbonyl (C=O) groups excluding carboxylic acids is 2. The number of ether oxygens (including phenoxy) is 1. The first-order valence-corrected chi connectivity index (χ1v) is 10.6. The van der Waals surface area contributed by atoms with E-state index in [4.69, 9.17) is 4.74 Å². The summed E-state index contributed by atoms with van der Waals surface area (Å²) in [6, 6.07) is 16.6. The lowest BCUT2D eigenvalue weighted by atomic mass is 9.94. The summed E-state index contributed by atoms with van der Waals surface area (Å²) < 4.78 is 20.7. The predicted octanol–water partition coefficient (Wildman–Crippen LogP) is 5.53.